The van der Waals surface area contributed by atoms with Gasteiger partial charge in [0.25, 0.3) is 5.91 Å². The zero-order chi connectivity index (χ0) is 31.8. The topological polar surface area (TPSA) is 166 Å². The standard InChI is InChI=1S/C31H42N4O8/c1-31(2,3)43-30(40)35(25(19-22-13-7-5-8-14-22)27(37)33-20-26(36)41-4)28(38)24(17-11-12-18-32)34-29(39)42-21-23-15-9-6-10-16-23/h5-10,13-16,24-25H,11-12,17-21,32H2,1-4H3,(H,33,37)(H,34,39)/t24-,25-/m0/s1. The lowest BCUT2D eigenvalue weighted by Gasteiger charge is -2.33. The number of hydrogen-bond acceptors (Lipinski definition) is 9. The van der Waals surface area contributed by atoms with Gasteiger partial charge in [-0.3, -0.25) is 14.4 Å². The molecule has 0 fully saturated rings. The molecule has 12 nitrogen and oxygen atoms in total. The first-order valence-electron chi connectivity index (χ1n) is 14.1. The Morgan fingerprint density at radius 2 is 1.51 bits per heavy atom. The van der Waals surface area contributed by atoms with Gasteiger partial charge in [0.05, 0.1) is 7.11 Å². The maximum absolute atomic E-state index is 14.2. The quantitative estimate of drug-likeness (QED) is 0.168. The second kappa shape index (κ2) is 17.5. The van der Waals surface area contributed by atoms with Crippen LogP contribution in [0.25, 0.3) is 0 Å². The van der Waals surface area contributed by atoms with Crippen molar-refractivity contribution >= 4 is 30.0 Å². The van der Waals surface area contributed by atoms with Gasteiger partial charge in [-0.2, -0.15) is 0 Å². The lowest BCUT2D eigenvalue weighted by Crippen LogP contribution is -2.59. The number of nitrogens with zero attached hydrogens (tertiary/aromatic N) is 1. The molecule has 0 saturated heterocycles. The number of benzene rings is 2. The van der Waals surface area contributed by atoms with E-state index in [1.54, 1.807) is 75.4 Å². The lowest BCUT2D eigenvalue weighted by molar-refractivity contribution is -0.143. The van der Waals surface area contributed by atoms with Gasteiger partial charge in [0.1, 0.15) is 30.8 Å². The summed E-state index contributed by atoms with van der Waals surface area (Å²) in [6.07, 6.45) is -0.968. The molecule has 0 aliphatic carbocycles. The Bertz CT molecular complexity index is 1200. The molecular weight excluding hydrogens is 556 g/mol. The maximum atomic E-state index is 14.2. The molecule has 12 heteroatoms. The van der Waals surface area contributed by atoms with Crippen molar-refractivity contribution in [1.29, 1.82) is 0 Å². The highest BCUT2D eigenvalue weighted by Gasteiger charge is 2.41. The Kier molecular flexibility index (Phi) is 14.1. The van der Waals surface area contributed by atoms with Crippen LogP contribution in [0.2, 0.25) is 0 Å². The molecule has 0 aromatic heterocycles. The third kappa shape index (κ3) is 12.5. The third-order valence-electron chi connectivity index (χ3n) is 6.10. The predicted octanol–water partition coefficient (Wildman–Crippen LogP) is 3.07. The molecule has 4 amide bonds. The molecule has 4 N–H and O–H groups in total. The first-order valence-corrected chi connectivity index (χ1v) is 14.1. The highest BCUT2D eigenvalue weighted by Crippen LogP contribution is 2.19. The summed E-state index contributed by atoms with van der Waals surface area (Å²) in [7, 11) is 1.17. The van der Waals surface area contributed by atoms with Crippen LogP contribution < -0.4 is 16.4 Å². The fourth-order valence-corrected chi connectivity index (χ4v) is 3.99. The first kappa shape index (κ1) is 34.7. The SMILES string of the molecule is COC(=O)CNC(=O)[C@H](Cc1ccccc1)N(C(=O)OC(C)(C)C)C(=O)[C@H](CCCCN)NC(=O)OCc1ccccc1. The molecule has 2 rings (SSSR count). The monoisotopic (exact) mass is 598 g/mol. The van der Waals surface area contributed by atoms with Gasteiger partial charge in [-0.1, -0.05) is 60.7 Å². The molecule has 0 aliphatic rings. The first-order chi connectivity index (χ1) is 20.4. The second-order valence-electron chi connectivity index (χ2n) is 10.7. The van der Waals surface area contributed by atoms with Crippen molar-refractivity contribution < 1.29 is 38.2 Å². The largest absolute Gasteiger partial charge is 0.468 e. The molecular formula is C31H42N4O8. The van der Waals surface area contributed by atoms with Gasteiger partial charge in [-0.15, -0.1) is 0 Å². The van der Waals surface area contributed by atoms with Gasteiger partial charge >= 0.3 is 18.2 Å². The Labute approximate surface area is 252 Å². The van der Waals surface area contributed by atoms with E-state index in [9.17, 15) is 24.0 Å². The number of imide groups is 1. The van der Waals surface area contributed by atoms with Crippen molar-refractivity contribution in [3.05, 3.63) is 71.8 Å². The van der Waals surface area contributed by atoms with Gasteiger partial charge in [0.15, 0.2) is 0 Å². The number of alkyl carbamates (subject to hydrolysis) is 1. The van der Waals surface area contributed by atoms with Crippen LogP contribution >= 0.6 is 0 Å². The summed E-state index contributed by atoms with van der Waals surface area (Å²) in [4.78, 5) is 66.6. The molecule has 0 aliphatic heterocycles. The molecule has 0 bridgehead atoms. The van der Waals surface area contributed by atoms with Crippen molar-refractivity contribution in [2.24, 2.45) is 5.73 Å². The van der Waals surface area contributed by atoms with E-state index in [-0.39, 0.29) is 19.4 Å². The number of carbonyl (C=O) groups excluding carboxylic acids is 5. The van der Waals surface area contributed by atoms with E-state index in [0.29, 0.717) is 29.8 Å². The third-order valence-corrected chi connectivity index (χ3v) is 6.10. The number of methoxy groups -OCH3 is 1. The summed E-state index contributed by atoms with van der Waals surface area (Å²) >= 11 is 0. The van der Waals surface area contributed by atoms with E-state index in [0.717, 1.165) is 5.56 Å². The number of nitrogens with one attached hydrogen (secondary N) is 2. The van der Waals surface area contributed by atoms with Crippen molar-refractivity contribution in [1.82, 2.24) is 15.5 Å². The van der Waals surface area contributed by atoms with Crippen LogP contribution in [0.15, 0.2) is 60.7 Å². The number of rotatable bonds is 14. The summed E-state index contributed by atoms with van der Waals surface area (Å²) in [6.45, 7) is 4.68. The molecule has 43 heavy (non-hydrogen) atoms. The van der Waals surface area contributed by atoms with Crippen LogP contribution in [0.4, 0.5) is 9.59 Å². The van der Waals surface area contributed by atoms with Gasteiger partial charge in [-0.05, 0) is 57.7 Å². The Morgan fingerprint density at radius 1 is 0.907 bits per heavy atom. The molecule has 0 saturated carbocycles. The van der Waals surface area contributed by atoms with Crippen LogP contribution in [0, 0.1) is 0 Å². The molecule has 2 aromatic rings. The van der Waals surface area contributed by atoms with Gasteiger partial charge in [0, 0.05) is 6.42 Å². The highest BCUT2D eigenvalue weighted by atomic mass is 16.6. The van der Waals surface area contributed by atoms with Crippen molar-refractivity contribution in [3.63, 3.8) is 0 Å². The molecule has 0 spiro atoms. The van der Waals surface area contributed by atoms with E-state index >= 15 is 0 Å². The summed E-state index contributed by atoms with van der Waals surface area (Å²) in [6, 6.07) is 15.0. The predicted molar refractivity (Wildman–Crippen MR) is 158 cm³/mol. The molecule has 2 atom stereocenters. The van der Waals surface area contributed by atoms with Crippen LogP contribution in [0.5, 0.6) is 0 Å². The van der Waals surface area contributed by atoms with E-state index in [2.05, 4.69) is 15.4 Å². The van der Waals surface area contributed by atoms with E-state index < -0.39 is 54.2 Å². The summed E-state index contributed by atoms with van der Waals surface area (Å²) in [5.74, 6) is -2.39. The molecule has 0 heterocycles. The number of amides is 4. The van der Waals surface area contributed by atoms with E-state index in [1.165, 1.54) is 7.11 Å². The number of hydrogen-bond donors (Lipinski definition) is 3. The number of unbranched alkanes of at least 4 members (excludes halogenated alkanes) is 1. The van der Waals surface area contributed by atoms with Gasteiger partial charge in [-0.25, -0.2) is 14.5 Å². The molecule has 0 unspecified atom stereocenters. The average Bonchev–Trinajstić information content (AvgIpc) is 2.98. The second-order valence-corrected chi connectivity index (χ2v) is 10.7. The van der Waals surface area contributed by atoms with Crippen molar-refractivity contribution in [3.8, 4) is 0 Å². The van der Waals surface area contributed by atoms with Crippen molar-refractivity contribution in [2.75, 3.05) is 20.2 Å². The summed E-state index contributed by atoms with van der Waals surface area (Å²) < 4.78 is 15.5. The summed E-state index contributed by atoms with van der Waals surface area (Å²) in [5, 5.41) is 4.99. The zero-order valence-electron chi connectivity index (χ0n) is 25.2. The van der Waals surface area contributed by atoms with Gasteiger partial charge in [0.2, 0.25) is 5.91 Å². The van der Waals surface area contributed by atoms with Crippen molar-refractivity contribution in [2.45, 2.75) is 70.7 Å². The lowest BCUT2D eigenvalue weighted by atomic mass is 10.0. The zero-order valence-corrected chi connectivity index (χ0v) is 25.2. The number of carbonyl (C=O) groups is 5. The minimum atomic E-state index is -1.44. The molecule has 0 radical (unpaired) electrons. The van der Waals surface area contributed by atoms with Crippen LogP contribution in [-0.4, -0.2) is 72.8 Å². The Hall–Kier alpha value is -4.45. The molecule has 234 valence electrons. The number of esters is 1. The normalized spacial score (nSPS) is 12.3. The summed E-state index contributed by atoms with van der Waals surface area (Å²) in [5.41, 5.74) is 6.01. The Balaban J connectivity index is 2.45. The fraction of sp³-hybridized carbons (Fsp3) is 0.452. The van der Waals surface area contributed by atoms with Gasteiger partial charge < -0.3 is 30.6 Å². The fourth-order valence-electron chi connectivity index (χ4n) is 3.99. The average molecular weight is 599 g/mol. The smallest absolute Gasteiger partial charge is 0.417 e. The maximum Gasteiger partial charge on any atom is 0.417 e. The van der Waals surface area contributed by atoms with Crippen LogP contribution in [-0.2, 0) is 41.6 Å². The van der Waals surface area contributed by atoms with Crippen LogP contribution in [0.1, 0.15) is 51.2 Å². The molecule has 2 aromatic carbocycles. The highest BCUT2D eigenvalue weighted by molar-refractivity contribution is 6.01. The minimum Gasteiger partial charge on any atom is -0.468 e. The minimum absolute atomic E-state index is 0.0429. The van der Waals surface area contributed by atoms with E-state index in [4.69, 9.17) is 15.2 Å². The number of ether oxygens (including phenoxy) is 3. The number of nitrogens with two attached hydrogens (primary N) is 1. The van der Waals surface area contributed by atoms with Crippen LogP contribution in [0.3, 0.4) is 0 Å². The Morgan fingerprint density at radius 3 is 2.07 bits per heavy atom. The van der Waals surface area contributed by atoms with E-state index in [1.807, 2.05) is 6.07 Å².